The van der Waals surface area contributed by atoms with Crippen LogP contribution in [0.1, 0.15) is 11.1 Å². The van der Waals surface area contributed by atoms with Gasteiger partial charge in [-0.25, -0.2) is 4.39 Å². The number of hydrogen-bond donors (Lipinski definition) is 1. The summed E-state index contributed by atoms with van der Waals surface area (Å²) in [5.41, 5.74) is 2.37. The van der Waals surface area contributed by atoms with Crippen molar-refractivity contribution in [2.75, 3.05) is 0 Å². The van der Waals surface area contributed by atoms with Crippen LogP contribution in [-0.4, -0.2) is 0 Å². The number of nitrogens with one attached hydrogen (secondary N) is 1. The van der Waals surface area contributed by atoms with Crippen molar-refractivity contribution in [2.45, 2.75) is 13.1 Å². The molecule has 1 N–H and O–H groups in total. The molecule has 1 nitrogen and oxygen atoms in total. The van der Waals surface area contributed by atoms with Gasteiger partial charge in [-0.3, -0.25) is 0 Å². The molecular formula is C18H17ClFN. The van der Waals surface area contributed by atoms with Gasteiger partial charge in [0.05, 0.1) is 0 Å². The van der Waals surface area contributed by atoms with E-state index in [4.69, 9.17) is 0 Å². The molecular weight excluding hydrogens is 285 g/mol. The second-order valence-corrected chi connectivity index (χ2v) is 4.87. The summed E-state index contributed by atoms with van der Waals surface area (Å²) in [5.74, 6) is -0.192. The van der Waals surface area contributed by atoms with Crippen molar-refractivity contribution in [2.24, 2.45) is 0 Å². The summed E-state index contributed by atoms with van der Waals surface area (Å²) in [4.78, 5) is 0. The molecule has 21 heavy (non-hydrogen) atoms. The zero-order chi connectivity index (χ0) is 13.8. The normalized spacial score (nSPS) is 10.3. The van der Waals surface area contributed by atoms with Gasteiger partial charge in [-0.15, -0.1) is 12.4 Å². The molecule has 3 aromatic rings. The summed E-state index contributed by atoms with van der Waals surface area (Å²) in [6.45, 7) is 1.54. The van der Waals surface area contributed by atoms with Crippen LogP contribution in [0.5, 0.6) is 0 Å². The van der Waals surface area contributed by atoms with E-state index in [2.05, 4.69) is 47.8 Å². The maximum atomic E-state index is 12.8. The highest BCUT2D eigenvalue weighted by Gasteiger charge is 2.00. The van der Waals surface area contributed by atoms with Gasteiger partial charge in [0.25, 0.3) is 0 Å². The van der Waals surface area contributed by atoms with Gasteiger partial charge >= 0.3 is 0 Å². The lowest BCUT2D eigenvalue weighted by Gasteiger charge is -2.08. The first kappa shape index (κ1) is 15.5. The molecule has 0 unspecified atom stereocenters. The monoisotopic (exact) mass is 301 g/mol. The summed E-state index contributed by atoms with van der Waals surface area (Å²) in [6, 6.07) is 21.3. The van der Waals surface area contributed by atoms with E-state index in [1.165, 1.54) is 28.5 Å². The Labute approximate surface area is 130 Å². The number of benzene rings is 3. The summed E-state index contributed by atoms with van der Waals surface area (Å²) in [5, 5.41) is 5.94. The maximum absolute atomic E-state index is 12.8. The molecule has 0 aliphatic carbocycles. The van der Waals surface area contributed by atoms with E-state index in [-0.39, 0.29) is 18.2 Å². The minimum Gasteiger partial charge on any atom is -0.309 e. The third-order valence-electron chi connectivity index (χ3n) is 3.44. The molecule has 0 saturated carbocycles. The quantitative estimate of drug-likeness (QED) is 0.737. The van der Waals surface area contributed by atoms with Gasteiger partial charge in [-0.2, -0.15) is 0 Å². The van der Waals surface area contributed by atoms with Gasteiger partial charge in [0.1, 0.15) is 5.82 Å². The highest BCUT2D eigenvalue weighted by Crippen LogP contribution is 2.18. The molecule has 0 amide bonds. The maximum Gasteiger partial charge on any atom is 0.123 e. The Balaban J connectivity index is 0.00000161. The molecule has 108 valence electrons. The van der Waals surface area contributed by atoms with Gasteiger partial charge < -0.3 is 5.32 Å². The lowest BCUT2D eigenvalue weighted by Crippen LogP contribution is -2.12. The fraction of sp³-hybridized carbons (Fsp3) is 0.111. The Morgan fingerprint density at radius 3 is 2.29 bits per heavy atom. The van der Waals surface area contributed by atoms with Crippen LogP contribution in [0.4, 0.5) is 4.39 Å². The first-order chi connectivity index (χ1) is 9.83. The molecule has 3 aromatic carbocycles. The van der Waals surface area contributed by atoms with Crippen molar-refractivity contribution in [3.63, 3.8) is 0 Å². The summed E-state index contributed by atoms with van der Waals surface area (Å²) in [6.07, 6.45) is 0. The highest BCUT2D eigenvalue weighted by molar-refractivity contribution is 5.85. The van der Waals surface area contributed by atoms with Crippen LogP contribution >= 0.6 is 12.4 Å². The molecule has 0 radical (unpaired) electrons. The van der Waals surface area contributed by atoms with Crippen molar-refractivity contribution in [1.29, 1.82) is 0 Å². The number of fused-ring (bicyclic) bond motifs is 1. The summed E-state index contributed by atoms with van der Waals surface area (Å²) in [7, 11) is 0. The predicted octanol–water partition coefficient (Wildman–Crippen LogP) is 4.69. The zero-order valence-corrected chi connectivity index (χ0v) is 12.4. The third kappa shape index (κ3) is 3.81. The van der Waals surface area contributed by atoms with Gasteiger partial charge in [-0.1, -0.05) is 54.6 Å². The number of hydrogen-bond acceptors (Lipinski definition) is 1. The Hall–Kier alpha value is -1.90. The molecule has 0 atom stereocenters. The van der Waals surface area contributed by atoms with Crippen LogP contribution in [0.25, 0.3) is 10.8 Å². The Morgan fingerprint density at radius 1 is 0.762 bits per heavy atom. The van der Waals surface area contributed by atoms with E-state index in [1.54, 1.807) is 0 Å². The standard InChI is InChI=1S/C18H16FN.ClH/c19-17-10-8-14(9-11-17)12-20-13-16-6-3-5-15-4-1-2-7-18(15)16;/h1-11,20H,12-13H2;1H. The van der Waals surface area contributed by atoms with Crippen LogP contribution in [0.15, 0.2) is 66.7 Å². The van der Waals surface area contributed by atoms with Crippen LogP contribution in [0, 0.1) is 5.82 Å². The van der Waals surface area contributed by atoms with E-state index in [9.17, 15) is 4.39 Å². The van der Waals surface area contributed by atoms with E-state index >= 15 is 0 Å². The Morgan fingerprint density at radius 2 is 1.48 bits per heavy atom. The molecule has 3 heteroatoms. The minimum atomic E-state index is -0.192. The molecule has 0 saturated heterocycles. The third-order valence-corrected chi connectivity index (χ3v) is 3.44. The molecule has 0 fully saturated rings. The fourth-order valence-electron chi connectivity index (χ4n) is 2.39. The molecule has 0 aliphatic rings. The summed E-state index contributed by atoms with van der Waals surface area (Å²) < 4.78 is 12.8. The van der Waals surface area contributed by atoms with Crippen LogP contribution in [0.2, 0.25) is 0 Å². The van der Waals surface area contributed by atoms with Crippen molar-refractivity contribution in [3.05, 3.63) is 83.7 Å². The predicted molar refractivity (Wildman–Crippen MR) is 88.1 cm³/mol. The number of halogens is 2. The second kappa shape index (κ2) is 7.21. The highest BCUT2D eigenvalue weighted by atomic mass is 35.5. The lowest BCUT2D eigenvalue weighted by molar-refractivity contribution is 0.625. The van der Waals surface area contributed by atoms with Gasteiger partial charge in [0.2, 0.25) is 0 Å². The van der Waals surface area contributed by atoms with Crippen LogP contribution < -0.4 is 5.32 Å². The molecule has 0 heterocycles. The topological polar surface area (TPSA) is 12.0 Å². The smallest absolute Gasteiger partial charge is 0.123 e. The lowest BCUT2D eigenvalue weighted by atomic mass is 10.0. The van der Waals surface area contributed by atoms with Crippen molar-refractivity contribution >= 4 is 23.2 Å². The second-order valence-electron chi connectivity index (χ2n) is 4.87. The average Bonchev–Trinajstić information content (AvgIpc) is 2.49. The molecule has 0 aliphatic heterocycles. The van der Waals surface area contributed by atoms with Gasteiger partial charge in [0.15, 0.2) is 0 Å². The Kier molecular flexibility index (Phi) is 5.32. The number of rotatable bonds is 4. The zero-order valence-electron chi connectivity index (χ0n) is 11.6. The van der Waals surface area contributed by atoms with Crippen molar-refractivity contribution in [1.82, 2.24) is 5.32 Å². The largest absolute Gasteiger partial charge is 0.309 e. The SMILES string of the molecule is Cl.Fc1ccc(CNCc2cccc3ccccc23)cc1. The summed E-state index contributed by atoms with van der Waals surface area (Å²) >= 11 is 0. The van der Waals surface area contributed by atoms with Crippen molar-refractivity contribution in [3.8, 4) is 0 Å². The molecule has 0 aromatic heterocycles. The fourth-order valence-corrected chi connectivity index (χ4v) is 2.39. The molecule has 0 spiro atoms. The van der Waals surface area contributed by atoms with Crippen LogP contribution in [-0.2, 0) is 13.1 Å². The average molecular weight is 302 g/mol. The first-order valence-electron chi connectivity index (χ1n) is 6.75. The molecule has 0 bridgehead atoms. The van der Waals surface area contributed by atoms with Crippen LogP contribution in [0.3, 0.4) is 0 Å². The Bertz CT molecular complexity index is 704. The van der Waals surface area contributed by atoms with E-state index in [0.29, 0.717) is 0 Å². The van der Waals surface area contributed by atoms with Gasteiger partial charge in [-0.05, 0) is 34.0 Å². The van der Waals surface area contributed by atoms with E-state index in [0.717, 1.165) is 18.7 Å². The van der Waals surface area contributed by atoms with Crippen molar-refractivity contribution < 1.29 is 4.39 Å². The first-order valence-corrected chi connectivity index (χ1v) is 6.75. The van der Waals surface area contributed by atoms with E-state index in [1.807, 2.05) is 12.1 Å². The van der Waals surface area contributed by atoms with E-state index < -0.39 is 0 Å². The molecule has 3 rings (SSSR count). The van der Waals surface area contributed by atoms with Gasteiger partial charge in [0, 0.05) is 13.1 Å². The minimum absolute atomic E-state index is 0.